The van der Waals surface area contributed by atoms with Gasteiger partial charge in [0.25, 0.3) is 0 Å². The van der Waals surface area contributed by atoms with Gasteiger partial charge in [0.1, 0.15) is 18.1 Å². The van der Waals surface area contributed by atoms with Crippen molar-refractivity contribution in [3.05, 3.63) is 0 Å². The highest BCUT2D eigenvalue weighted by molar-refractivity contribution is 5.95. The van der Waals surface area contributed by atoms with E-state index in [1.807, 2.05) is 0 Å². The van der Waals surface area contributed by atoms with Crippen molar-refractivity contribution in [3.8, 4) is 0 Å². The van der Waals surface area contributed by atoms with Crippen LogP contribution in [0.1, 0.15) is 59.8 Å². The molecule has 0 spiro atoms. The minimum Gasteiger partial charge on any atom is -0.481 e. The van der Waals surface area contributed by atoms with E-state index < -0.39 is 66.2 Å². The van der Waals surface area contributed by atoms with Gasteiger partial charge in [0.05, 0.1) is 12.5 Å². The number of carboxylic acid groups (broad SMARTS) is 2. The predicted octanol–water partition coefficient (Wildman–Crippen LogP) is -0.841. The van der Waals surface area contributed by atoms with Gasteiger partial charge in [0.2, 0.25) is 17.7 Å². The highest BCUT2D eigenvalue weighted by Crippen LogP contribution is 2.10. The van der Waals surface area contributed by atoms with Crippen molar-refractivity contribution < 1.29 is 34.2 Å². The number of hydrogen-bond acceptors (Lipinski definition) is 7. The molecule has 0 saturated heterocycles. The summed E-state index contributed by atoms with van der Waals surface area (Å²) in [5, 5.41) is 25.8. The summed E-state index contributed by atoms with van der Waals surface area (Å²) in [6.07, 6.45) is 0.977. The zero-order valence-electron chi connectivity index (χ0n) is 19.8. The fraction of sp³-hybridized carbons (Fsp3) is 0.762. The van der Waals surface area contributed by atoms with Crippen molar-refractivity contribution in [3.63, 3.8) is 0 Å². The van der Waals surface area contributed by atoms with E-state index in [0.29, 0.717) is 25.8 Å². The number of unbranched alkanes of at least 4 members (excludes halogenated alkanes) is 1. The molecule has 0 fully saturated rings. The van der Waals surface area contributed by atoms with Gasteiger partial charge in [-0.15, -0.1) is 0 Å². The fourth-order valence-electron chi connectivity index (χ4n) is 2.93. The molecular formula is C21H39N5O7. The predicted molar refractivity (Wildman–Crippen MR) is 121 cm³/mol. The third-order valence-corrected chi connectivity index (χ3v) is 5.39. The van der Waals surface area contributed by atoms with Crippen molar-refractivity contribution in [1.29, 1.82) is 0 Å². The highest BCUT2D eigenvalue weighted by Gasteiger charge is 2.33. The molecule has 0 saturated carbocycles. The van der Waals surface area contributed by atoms with Crippen LogP contribution in [0.4, 0.5) is 0 Å². The second-order valence-corrected chi connectivity index (χ2v) is 8.48. The average Bonchev–Trinajstić information content (AvgIpc) is 2.74. The van der Waals surface area contributed by atoms with Gasteiger partial charge >= 0.3 is 11.9 Å². The monoisotopic (exact) mass is 473 g/mol. The number of aliphatic carboxylic acids is 2. The van der Waals surface area contributed by atoms with E-state index in [9.17, 15) is 34.2 Å². The van der Waals surface area contributed by atoms with E-state index in [2.05, 4.69) is 16.0 Å². The summed E-state index contributed by atoms with van der Waals surface area (Å²) < 4.78 is 0. The van der Waals surface area contributed by atoms with E-state index in [1.54, 1.807) is 27.7 Å². The number of hydrogen-bond donors (Lipinski definition) is 7. The van der Waals surface area contributed by atoms with E-state index in [-0.39, 0.29) is 12.3 Å². The van der Waals surface area contributed by atoms with Crippen LogP contribution in [-0.4, -0.2) is 70.6 Å². The van der Waals surface area contributed by atoms with Crippen LogP contribution in [0.5, 0.6) is 0 Å². The number of carbonyl (C=O) groups is 5. The van der Waals surface area contributed by atoms with Gasteiger partial charge in [-0.2, -0.15) is 0 Å². The average molecular weight is 474 g/mol. The van der Waals surface area contributed by atoms with Gasteiger partial charge in [0.15, 0.2) is 0 Å². The topological polar surface area (TPSA) is 214 Å². The number of carboxylic acids is 2. The molecule has 0 aromatic rings. The minimum absolute atomic E-state index is 0.184. The molecule has 0 aliphatic rings. The molecule has 9 N–H and O–H groups in total. The third kappa shape index (κ3) is 11.1. The Morgan fingerprint density at radius 2 is 1.39 bits per heavy atom. The first-order chi connectivity index (χ1) is 15.3. The van der Waals surface area contributed by atoms with Crippen molar-refractivity contribution in [2.45, 2.75) is 84.0 Å². The molecule has 5 atom stereocenters. The lowest BCUT2D eigenvalue weighted by Crippen LogP contribution is -2.58. The van der Waals surface area contributed by atoms with E-state index in [4.69, 9.17) is 11.5 Å². The third-order valence-electron chi connectivity index (χ3n) is 5.39. The van der Waals surface area contributed by atoms with Gasteiger partial charge in [0, 0.05) is 0 Å². The van der Waals surface area contributed by atoms with Gasteiger partial charge in [-0.1, -0.05) is 34.1 Å². The number of amides is 3. The first kappa shape index (κ1) is 30.3. The molecule has 0 bridgehead atoms. The largest absolute Gasteiger partial charge is 0.481 e. The molecule has 33 heavy (non-hydrogen) atoms. The van der Waals surface area contributed by atoms with Gasteiger partial charge in [-0.05, 0) is 37.6 Å². The molecule has 12 nitrogen and oxygen atoms in total. The highest BCUT2D eigenvalue weighted by atomic mass is 16.4. The molecule has 5 unspecified atom stereocenters. The second-order valence-electron chi connectivity index (χ2n) is 8.48. The van der Waals surface area contributed by atoms with E-state index >= 15 is 0 Å². The summed E-state index contributed by atoms with van der Waals surface area (Å²) in [6.45, 7) is 7.25. The molecular weight excluding hydrogens is 434 g/mol. The van der Waals surface area contributed by atoms with Crippen LogP contribution in [0.25, 0.3) is 0 Å². The quantitative estimate of drug-likeness (QED) is 0.139. The van der Waals surface area contributed by atoms with E-state index in [1.165, 1.54) is 0 Å². The Morgan fingerprint density at radius 3 is 1.85 bits per heavy atom. The second kappa shape index (κ2) is 15.2. The smallest absolute Gasteiger partial charge is 0.326 e. The molecule has 0 aromatic carbocycles. The van der Waals surface area contributed by atoms with Crippen LogP contribution < -0.4 is 27.4 Å². The zero-order valence-corrected chi connectivity index (χ0v) is 19.8. The van der Waals surface area contributed by atoms with Gasteiger partial charge in [-0.3, -0.25) is 19.2 Å². The summed E-state index contributed by atoms with van der Waals surface area (Å²) in [7, 11) is 0. The fourth-order valence-corrected chi connectivity index (χ4v) is 2.93. The summed E-state index contributed by atoms with van der Waals surface area (Å²) in [5.41, 5.74) is 11.3. The van der Waals surface area contributed by atoms with E-state index in [0.717, 1.165) is 0 Å². The molecule has 0 rings (SSSR count). The lowest BCUT2D eigenvalue weighted by Gasteiger charge is -2.26. The number of rotatable bonds is 16. The van der Waals surface area contributed by atoms with Gasteiger partial charge < -0.3 is 37.6 Å². The minimum atomic E-state index is -1.53. The lowest BCUT2D eigenvalue weighted by molar-refractivity contribution is -0.144. The maximum atomic E-state index is 12.9. The van der Waals surface area contributed by atoms with Crippen LogP contribution in [0.15, 0.2) is 0 Å². The molecule has 0 heterocycles. The van der Waals surface area contributed by atoms with Crippen molar-refractivity contribution in [1.82, 2.24) is 16.0 Å². The maximum Gasteiger partial charge on any atom is 0.326 e. The maximum absolute atomic E-state index is 12.9. The molecule has 0 aliphatic heterocycles. The number of carbonyl (C=O) groups excluding carboxylic acids is 3. The Balaban J connectivity index is 5.57. The van der Waals surface area contributed by atoms with Crippen molar-refractivity contribution in [2.75, 3.05) is 6.54 Å². The number of nitrogens with one attached hydrogen (secondary N) is 3. The number of nitrogens with two attached hydrogens (primary N) is 2. The first-order valence-electron chi connectivity index (χ1n) is 11.2. The lowest BCUT2D eigenvalue weighted by atomic mass is 9.98. The Kier molecular flexibility index (Phi) is 13.9. The Bertz CT molecular complexity index is 686. The Hall–Kier alpha value is -2.73. The van der Waals surface area contributed by atoms with Crippen LogP contribution in [-0.2, 0) is 24.0 Å². The van der Waals surface area contributed by atoms with Crippen LogP contribution >= 0.6 is 0 Å². The Morgan fingerprint density at radius 1 is 0.848 bits per heavy atom. The van der Waals surface area contributed by atoms with Crippen LogP contribution in [0.2, 0.25) is 0 Å². The molecule has 0 radical (unpaired) electrons. The standard InChI is InChI=1S/C21H39N5O7/c1-5-12(4)17(21(32)33)26-19(30)14(10-15(27)28)25-18(29)13(8-6-7-9-22)24-20(31)16(23)11(2)3/h11-14,16-17H,5-10,22-23H2,1-4H3,(H,24,31)(H,25,29)(H,26,30)(H,27,28)(H,32,33). The van der Waals surface area contributed by atoms with Crippen LogP contribution in [0, 0.1) is 11.8 Å². The normalized spacial score (nSPS) is 15.6. The summed E-state index contributed by atoms with van der Waals surface area (Å²) in [5.74, 6) is -5.51. The summed E-state index contributed by atoms with van der Waals surface area (Å²) >= 11 is 0. The first-order valence-corrected chi connectivity index (χ1v) is 11.2. The molecule has 12 heteroatoms. The summed E-state index contributed by atoms with van der Waals surface area (Å²) in [4.78, 5) is 60.7. The summed E-state index contributed by atoms with van der Waals surface area (Å²) in [6, 6.07) is -4.71. The molecule has 3 amide bonds. The SMILES string of the molecule is CCC(C)C(NC(=O)C(CC(=O)O)NC(=O)C(CCCCN)NC(=O)C(N)C(C)C)C(=O)O. The Labute approximate surface area is 194 Å². The van der Waals surface area contributed by atoms with Crippen molar-refractivity contribution in [2.24, 2.45) is 23.3 Å². The molecule has 0 aliphatic carbocycles. The van der Waals surface area contributed by atoms with Crippen molar-refractivity contribution >= 4 is 29.7 Å². The van der Waals surface area contributed by atoms with Crippen LogP contribution in [0.3, 0.4) is 0 Å². The zero-order chi connectivity index (χ0) is 25.7. The molecule has 0 aromatic heterocycles. The molecule has 190 valence electrons. The van der Waals surface area contributed by atoms with Gasteiger partial charge in [-0.25, -0.2) is 4.79 Å².